The Labute approximate surface area is 232 Å². The van der Waals surface area contributed by atoms with E-state index in [-0.39, 0.29) is 30.9 Å². The van der Waals surface area contributed by atoms with E-state index < -0.39 is 0 Å². The van der Waals surface area contributed by atoms with Crippen molar-refractivity contribution in [2.75, 3.05) is 19.8 Å². The third kappa shape index (κ3) is 9.15. The Morgan fingerprint density at radius 3 is 2.00 bits per heavy atom. The molecule has 0 bridgehead atoms. The second-order valence-electron chi connectivity index (χ2n) is 10.3. The monoisotopic (exact) mass is 532 g/mol. The fourth-order valence-electron chi connectivity index (χ4n) is 4.63. The van der Waals surface area contributed by atoms with Gasteiger partial charge in [0.05, 0.1) is 6.61 Å². The number of carbonyl (C=O) groups is 1. The van der Waals surface area contributed by atoms with E-state index in [1.165, 1.54) is 11.1 Å². The average Bonchev–Trinajstić information content (AvgIpc) is 2.95. The summed E-state index contributed by atoms with van der Waals surface area (Å²) in [6, 6.07) is 20.1. The first-order chi connectivity index (χ1) is 18.8. The lowest BCUT2D eigenvalue weighted by Crippen LogP contribution is -2.12. The first-order valence-electron chi connectivity index (χ1n) is 13.9. The molecule has 0 unspecified atom stereocenters. The standard InChI is InChI=1S/C34H41FO4/c1-4-30-20-27(13-14-29(22-36)23-37)15-17-31(30)32-18-16-28(21-33(32)35)12-11-26-9-7-25(8-10-26)6-5-19-39-34(38)24(2)3/h7-10,15-18,20-21,29,36-37H,2,4-6,11-14,19,22-23H2,1,3H3. The molecule has 0 aliphatic heterocycles. The van der Waals surface area contributed by atoms with E-state index in [1.54, 1.807) is 13.0 Å². The van der Waals surface area contributed by atoms with Crippen LogP contribution in [0.15, 0.2) is 72.8 Å². The smallest absolute Gasteiger partial charge is 0.333 e. The lowest BCUT2D eigenvalue weighted by atomic mass is 9.92. The molecule has 39 heavy (non-hydrogen) atoms. The fourth-order valence-corrected chi connectivity index (χ4v) is 4.63. The minimum atomic E-state index is -0.346. The number of aliphatic hydroxyl groups is 2. The lowest BCUT2D eigenvalue weighted by Gasteiger charge is -2.14. The van der Waals surface area contributed by atoms with Gasteiger partial charge in [0, 0.05) is 30.3 Å². The molecule has 0 atom stereocenters. The zero-order valence-electron chi connectivity index (χ0n) is 23.2. The van der Waals surface area contributed by atoms with Crippen LogP contribution in [0.1, 0.15) is 54.5 Å². The summed E-state index contributed by atoms with van der Waals surface area (Å²) in [5.74, 6) is -0.664. The van der Waals surface area contributed by atoms with Crippen molar-refractivity contribution in [1.82, 2.24) is 0 Å². The summed E-state index contributed by atoms with van der Waals surface area (Å²) >= 11 is 0. The Balaban J connectivity index is 1.56. The second kappa shape index (κ2) is 15.3. The fraction of sp³-hybridized carbons (Fsp3) is 0.382. The second-order valence-corrected chi connectivity index (χ2v) is 10.3. The topological polar surface area (TPSA) is 66.8 Å². The number of hydrogen-bond acceptors (Lipinski definition) is 4. The molecule has 0 aliphatic rings. The lowest BCUT2D eigenvalue weighted by molar-refractivity contribution is -0.139. The van der Waals surface area contributed by atoms with E-state index in [0.717, 1.165) is 60.8 Å². The van der Waals surface area contributed by atoms with Crippen LogP contribution in [0, 0.1) is 11.7 Å². The molecule has 2 N–H and O–H groups in total. The summed E-state index contributed by atoms with van der Waals surface area (Å²) in [4.78, 5) is 11.4. The van der Waals surface area contributed by atoms with Gasteiger partial charge in [-0.15, -0.1) is 0 Å². The van der Waals surface area contributed by atoms with E-state index in [1.807, 2.05) is 24.3 Å². The molecule has 0 aromatic heterocycles. The quantitative estimate of drug-likeness (QED) is 0.135. The molecule has 5 heteroatoms. The molecule has 208 valence electrons. The molecular weight excluding hydrogens is 491 g/mol. The van der Waals surface area contributed by atoms with Gasteiger partial charge >= 0.3 is 5.97 Å². The molecule has 0 saturated heterocycles. The van der Waals surface area contributed by atoms with Crippen LogP contribution in [-0.4, -0.2) is 36.0 Å². The molecule has 0 amide bonds. The van der Waals surface area contributed by atoms with Crippen molar-refractivity contribution < 1.29 is 24.1 Å². The van der Waals surface area contributed by atoms with E-state index >= 15 is 4.39 Å². The predicted octanol–water partition coefficient (Wildman–Crippen LogP) is 6.43. The molecule has 3 aromatic carbocycles. The van der Waals surface area contributed by atoms with Gasteiger partial charge in [0.15, 0.2) is 0 Å². The number of aliphatic hydroxyl groups excluding tert-OH is 2. The third-order valence-corrected chi connectivity index (χ3v) is 7.15. The van der Waals surface area contributed by atoms with Crippen LogP contribution in [0.2, 0.25) is 0 Å². The van der Waals surface area contributed by atoms with Gasteiger partial charge < -0.3 is 14.9 Å². The summed E-state index contributed by atoms with van der Waals surface area (Å²) in [7, 11) is 0. The van der Waals surface area contributed by atoms with Crippen LogP contribution in [0.25, 0.3) is 11.1 Å². The van der Waals surface area contributed by atoms with E-state index in [9.17, 15) is 15.0 Å². The van der Waals surface area contributed by atoms with Crippen molar-refractivity contribution in [3.05, 3.63) is 106 Å². The van der Waals surface area contributed by atoms with Gasteiger partial charge in [-0.2, -0.15) is 0 Å². The predicted molar refractivity (Wildman–Crippen MR) is 155 cm³/mol. The maximum atomic E-state index is 15.2. The van der Waals surface area contributed by atoms with Gasteiger partial charge in [-0.25, -0.2) is 9.18 Å². The summed E-state index contributed by atoms with van der Waals surface area (Å²) < 4.78 is 20.4. The Morgan fingerprint density at radius 2 is 1.41 bits per heavy atom. The van der Waals surface area contributed by atoms with Gasteiger partial charge in [0.25, 0.3) is 0 Å². The largest absolute Gasteiger partial charge is 0.462 e. The Morgan fingerprint density at radius 1 is 0.846 bits per heavy atom. The Bertz CT molecular complexity index is 1230. The molecule has 0 radical (unpaired) electrons. The molecule has 0 spiro atoms. The first-order valence-corrected chi connectivity index (χ1v) is 13.9. The van der Waals surface area contributed by atoms with Crippen LogP contribution < -0.4 is 0 Å². The minimum Gasteiger partial charge on any atom is -0.462 e. The average molecular weight is 533 g/mol. The summed E-state index contributed by atoms with van der Waals surface area (Å²) in [6.07, 6.45) is 5.46. The van der Waals surface area contributed by atoms with Gasteiger partial charge in [-0.3, -0.25) is 0 Å². The van der Waals surface area contributed by atoms with E-state index in [4.69, 9.17) is 4.74 Å². The number of esters is 1. The van der Waals surface area contributed by atoms with Gasteiger partial charge in [-0.05, 0) is 91.3 Å². The van der Waals surface area contributed by atoms with Crippen LogP contribution in [0.5, 0.6) is 0 Å². The molecule has 0 heterocycles. The third-order valence-electron chi connectivity index (χ3n) is 7.15. The molecule has 0 saturated carbocycles. The highest BCUT2D eigenvalue weighted by Gasteiger charge is 2.12. The van der Waals surface area contributed by atoms with Gasteiger partial charge in [0.1, 0.15) is 5.82 Å². The highest BCUT2D eigenvalue weighted by atomic mass is 19.1. The van der Waals surface area contributed by atoms with Crippen LogP contribution in [0.4, 0.5) is 4.39 Å². The van der Waals surface area contributed by atoms with Crippen LogP contribution in [-0.2, 0) is 41.6 Å². The van der Waals surface area contributed by atoms with Crippen molar-refractivity contribution in [3.8, 4) is 11.1 Å². The Hall–Kier alpha value is -3.28. The zero-order valence-corrected chi connectivity index (χ0v) is 23.2. The van der Waals surface area contributed by atoms with Crippen molar-refractivity contribution >= 4 is 5.97 Å². The minimum absolute atomic E-state index is 0.0194. The van der Waals surface area contributed by atoms with Crippen LogP contribution >= 0.6 is 0 Å². The molecule has 0 aliphatic carbocycles. The molecule has 3 aromatic rings. The van der Waals surface area contributed by atoms with Crippen LogP contribution in [0.3, 0.4) is 0 Å². The van der Waals surface area contributed by atoms with Crippen molar-refractivity contribution in [1.29, 1.82) is 0 Å². The molecule has 4 nitrogen and oxygen atoms in total. The van der Waals surface area contributed by atoms with E-state index in [0.29, 0.717) is 24.2 Å². The molecule has 0 fully saturated rings. The van der Waals surface area contributed by atoms with Gasteiger partial charge in [0.2, 0.25) is 0 Å². The van der Waals surface area contributed by atoms with Crippen molar-refractivity contribution in [2.24, 2.45) is 5.92 Å². The highest BCUT2D eigenvalue weighted by Crippen LogP contribution is 2.29. The number of rotatable bonds is 15. The molecular formula is C34H41FO4. The van der Waals surface area contributed by atoms with E-state index in [2.05, 4.69) is 43.8 Å². The number of halogens is 1. The summed E-state index contributed by atoms with van der Waals surface area (Å²) in [5, 5.41) is 18.6. The summed E-state index contributed by atoms with van der Waals surface area (Å²) in [5.41, 5.74) is 7.53. The molecule has 3 rings (SSSR count). The SMILES string of the molecule is C=C(C)C(=O)OCCCc1ccc(CCc2ccc(-c3ccc(CCC(CO)CO)cc3CC)c(F)c2)cc1. The first kappa shape index (κ1) is 30.3. The maximum absolute atomic E-state index is 15.2. The maximum Gasteiger partial charge on any atom is 0.333 e. The van der Waals surface area contributed by atoms with Crippen molar-refractivity contribution in [2.45, 2.75) is 58.8 Å². The number of aryl methyl sites for hydroxylation is 5. The summed E-state index contributed by atoms with van der Waals surface area (Å²) in [6.45, 7) is 7.64. The number of benzene rings is 3. The number of hydrogen-bond donors (Lipinski definition) is 2. The number of ether oxygens (including phenoxy) is 1. The number of carbonyl (C=O) groups excluding carboxylic acids is 1. The zero-order chi connectivity index (χ0) is 28.2. The van der Waals surface area contributed by atoms with Gasteiger partial charge in [-0.1, -0.05) is 68.1 Å². The van der Waals surface area contributed by atoms with Crippen molar-refractivity contribution in [3.63, 3.8) is 0 Å². The Kier molecular flexibility index (Phi) is 11.9. The highest BCUT2D eigenvalue weighted by molar-refractivity contribution is 5.86. The normalized spacial score (nSPS) is 11.1.